The van der Waals surface area contributed by atoms with E-state index in [2.05, 4.69) is 15.4 Å². The molecule has 0 fully saturated rings. The van der Waals surface area contributed by atoms with Gasteiger partial charge in [0.25, 0.3) is 10.0 Å². The van der Waals surface area contributed by atoms with Gasteiger partial charge in [0.2, 0.25) is 5.88 Å². The van der Waals surface area contributed by atoms with Crippen LogP contribution in [-0.2, 0) is 10.0 Å². The highest BCUT2D eigenvalue weighted by Gasteiger charge is 2.28. The Balaban J connectivity index is 1.82. The van der Waals surface area contributed by atoms with Gasteiger partial charge >= 0.3 is 0 Å². The fourth-order valence-electron chi connectivity index (χ4n) is 2.40. The van der Waals surface area contributed by atoms with Gasteiger partial charge in [-0.2, -0.15) is 5.10 Å². The Kier molecular flexibility index (Phi) is 4.64. The second-order valence-electron chi connectivity index (χ2n) is 5.73. The molecule has 3 aromatic rings. The molecule has 26 heavy (non-hydrogen) atoms. The molecule has 0 aliphatic carbocycles. The molecule has 0 amide bonds. The molecule has 3 rings (SSSR count). The maximum Gasteiger partial charge on any atom is 0.269 e. The van der Waals surface area contributed by atoms with Gasteiger partial charge in [-0.15, -0.1) is 5.10 Å². The Hall–Kier alpha value is -2.94. The van der Waals surface area contributed by atoms with Gasteiger partial charge in [0, 0.05) is 13.1 Å². The molecule has 0 spiro atoms. The van der Waals surface area contributed by atoms with Gasteiger partial charge in [-0.3, -0.25) is 4.31 Å². The van der Waals surface area contributed by atoms with Gasteiger partial charge < -0.3 is 9.26 Å². The summed E-state index contributed by atoms with van der Waals surface area (Å²) in [6.45, 7) is 5.00. The van der Waals surface area contributed by atoms with Crippen LogP contribution in [0.2, 0.25) is 0 Å². The molecule has 8 nitrogen and oxygen atoms in total. The first-order chi connectivity index (χ1) is 12.3. The SMILES string of the molecule is Cc1ccc(Oc2ccc(N(C)S(=O)(=O)c3c(C)noc3C)cc2)nn1. The van der Waals surface area contributed by atoms with Gasteiger partial charge in [-0.05, 0) is 51.1 Å². The minimum atomic E-state index is -3.77. The molecule has 0 N–H and O–H groups in total. The minimum absolute atomic E-state index is 0.0789. The number of hydrogen-bond acceptors (Lipinski definition) is 7. The smallest absolute Gasteiger partial charge is 0.269 e. The van der Waals surface area contributed by atoms with E-state index in [9.17, 15) is 8.42 Å². The summed E-state index contributed by atoms with van der Waals surface area (Å²) in [5.74, 6) is 1.14. The number of sulfonamides is 1. The van der Waals surface area contributed by atoms with Crippen molar-refractivity contribution in [2.45, 2.75) is 25.7 Å². The van der Waals surface area contributed by atoms with Crippen molar-refractivity contribution in [2.75, 3.05) is 11.4 Å². The van der Waals surface area contributed by atoms with Crippen molar-refractivity contribution in [2.24, 2.45) is 0 Å². The fourth-order valence-corrected chi connectivity index (χ4v) is 3.89. The maximum atomic E-state index is 12.8. The molecule has 2 aromatic heterocycles. The molecule has 0 atom stereocenters. The molecule has 0 aliphatic rings. The lowest BCUT2D eigenvalue weighted by atomic mass is 10.3. The van der Waals surface area contributed by atoms with Gasteiger partial charge in [0.05, 0.1) is 11.4 Å². The largest absolute Gasteiger partial charge is 0.438 e. The zero-order valence-corrected chi connectivity index (χ0v) is 15.6. The lowest BCUT2D eigenvalue weighted by Gasteiger charge is -2.19. The Morgan fingerprint density at radius 1 is 1.00 bits per heavy atom. The lowest BCUT2D eigenvalue weighted by Crippen LogP contribution is -2.27. The molecule has 0 unspecified atom stereocenters. The third-order valence-electron chi connectivity index (χ3n) is 3.78. The quantitative estimate of drug-likeness (QED) is 0.677. The predicted octanol–water partition coefficient (Wildman–Crippen LogP) is 3.01. The summed E-state index contributed by atoms with van der Waals surface area (Å²) in [7, 11) is -2.30. The number of aromatic nitrogens is 3. The van der Waals surface area contributed by atoms with Crippen LogP contribution < -0.4 is 9.04 Å². The zero-order valence-electron chi connectivity index (χ0n) is 14.8. The summed E-state index contributed by atoms with van der Waals surface area (Å²) >= 11 is 0. The Bertz CT molecular complexity index is 992. The second-order valence-corrected chi connectivity index (χ2v) is 7.64. The Labute approximate surface area is 151 Å². The van der Waals surface area contributed by atoms with E-state index >= 15 is 0 Å². The van der Waals surface area contributed by atoms with Crippen molar-refractivity contribution in [3.8, 4) is 11.6 Å². The molecule has 0 aliphatic heterocycles. The topological polar surface area (TPSA) is 98.4 Å². The summed E-state index contributed by atoms with van der Waals surface area (Å²) in [5.41, 5.74) is 1.60. The van der Waals surface area contributed by atoms with E-state index < -0.39 is 10.0 Å². The standard InChI is InChI=1S/C17H18N4O4S/c1-11-5-10-16(19-18-11)24-15-8-6-14(7-9-15)21(4)26(22,23)17-12(2)20-25-13(17)3/h5-10H,1-4H3. The molecule has 0 saturated heterocycles. The predicted molar refractivity (Wildman–Crippen MR) is 94.9 cm³/mol. The number of aryl methyl sites for hydroxylation is 3. The third-order valence-corrected chi connectivity index (χ3v) is 5.81. The molecular formula is C17H18N4O4S. The van der Waals surface area contributed by atoms with Crippen LogP contribution in [0.25, 0.3) is 0 Å². The first kappa shape index (κ1) is 17.9. The van der Waals surface area contributed by atoms with Crippen LogP contribution in [0, 0.1) is 20.8 Å². The van der Waals surface area contributed by atoms with E-state index in [1.54, 1.807) is 50.2 Å². The molecule has 0 bridgehead atoms. The molecule has 136 valence electrons. The van der Waals surface area contributed by atoms with Crippen molar-refractivity contribution in [1.29, 1.82) is 0 Å². The second kappa shape index (κ2) is 6.75. The molecular weight excluding hydrogens is 356 g/mol. The van der Waals surface area contributed by atoms with Crippen LogP contribution in [0.1, 0.15) is 17.1 Å². The van der Waals surface area contributed by atoms with Gasteiger partial charge in [0.15, 0.2) is 10.7 Å². The van der Waals surface area contributed by atoms with E-state index in [4.69, 9.17) is 9.26 Å². The molecule has 0 radical (unpaired) electrons. The fraction of sp³-hybridized carbons (Fsp3) is 0.235. The maximum absolute atomic E-state index is 12.8. The van der Waals surface area contributed by atoms with Crippen molar-refractivity contribution < 1.29 is 17.7 Å². The molecule has 0 saturated carbocycles. The number of benzene rings is 1. The Morgan fingerprint density at radius 3 is 2.23 bits per heavy atom. The minimum Gasteiger partial charge on any atom is -0.438 e. The average Bonchev–Trinajstić information content (AvgIpc) is 2.96. The number of anilines is 1. The normalized spacial score (nSPS) is 11.4. The van der Waals surface area contributed by atoms with E-state index in [1.807, 2.05) is 6.92 Å². The van der Waals surface area contributed by atoms with Gasteiger partial charge in [-0.25, -0.2) is 8.42 Å². The number of ether oxygens (including phenoxy) is 1. The van der Waals surface area contributed by atoms with Crippen LogP contribution in [0.5, 0.6) is 11.6 Å². The molecule has 9 heteroatoms. The van der Waals surface area contributed by atoms with Crippen LogP contribution in [-0.4, -0.2) is 30.8 Å². The van der Waals surface area contributed by atoms with Crippen molar-refractivity contribution >= 4 is 15.7 Å². The van der Waals surface area contributed by atoms with E-state index in [-0.39, 0.29) is 10.7 Å². The van der Waals surface area contributed by atoms with Crippen LogP contribution in [0.4, 0.5) is 5.69 Å². The van der Waals surface area contributed by atoms with E-state index in [0.29, 0.717) is 23.0 Å². The highest BCUT2D eigenvalue weighted by Crippen LogP contribution is 2.28. The van der Waals surface area contributed by atoms with Crippen LogP contribution >= 0.6 is 0 Å². The highest BCUT2D eigenvalue weighted by molar-refractivity contribution is 7.92. The summed E-state index contributed by atoms with van der Waals surface area (Å²) in [4.78, 5) is 0.0789. The Morgan fingerprint density at radius 2 is 1.69 bits per heavy atom. The van der Waals surface area contributed by atoms with Gasteiger partial charge in [0.1, 0.15) is 11.4 Å². The number of rotatable bonds is 5. The third kappa shape index (κ3) is 3.38. The lowest BCUT2D eigenvalue weighted by molar-refractivity contribution is 0.390. The summed E-state index contributed by atoms with van der Waals surface area (Å²) < 4.78 is 37.4. The summed E-state index contributed by atoms with van der Waals surface area (Å²) in [5, 5.41) is 11.6. The molecule has 1 aromatic carbocycles. The van der Waals surface area contributed by atoms with E-state index in [0.717, 1.165) is 5.69 Å². The van der Waals surface area contributed by atoms with Crippen molar-refractivity contribution in [3.63, 3.8) is 0 Å². The van der Waals surface area contributed by atoms with Crippen molar-refractivity contribution in [3.05, 3.63) is 53.5 Å². The van der Waals surface area contributed by atoms with Gasteiger partial charge in [-0.1, -0.05) is 5.16 Å². The number of nitrogens with zero attached hydrogens (tertiary/aromatic N) is 4. The highest BCUT2D eigenvalue weighted by atomic mass is 32.2. The monoisotopic (exact) mass is 374 g/mol. The van der Waals surface area contributed by atoms with Crippen LogP contribution in [0.15, 0.2) is 45.8 Å². The zero-order chi connectivity index (χ0) is 18.9. The summed E-state index contributed by atoms with van der Waals surface area (Å²) in [6, 6.07) is 10.1. The first-order valence-corrected chi connectivity index (χ1v) is 9.23. The van der Waals surface area contributed by atoms with Crippen LogP contribution in [0.3, 0.4) is 0 Å². The molecule has 2 heterocycles. The summed E-state index contributed by atoms with van der Waals surface area (Å²) in [6.07, 6.45) is 0. The van der Waals surface area contributed by atoms with Crippen molar-refractivity contribution in [1.82, 2.24) is 15.4 Å². The first-order valence-electron chi connectivity index (χ1n) is 7.79. The van der Waals surface area contributed by atoms with E-state index in [1.165, 1.54) is 11.4 Å². The average molecular weight is 374 g/mol. The number of hydrogen-bond donors (Lipinski definition) is 0.